The van der Waals surface area contributed by atoms with Crippen molar-refractivity contribution in [2.24, 2.45) is 0 Å². The molecular formula is C24H26N6O2S2. The van der Waals surface area contributed by atoms with Crippen LogP contribution in [-0.2, 0) is 6.61 Å². The zero-order valence-corrected chi connectivity index (χ0v) is 20.4. The number of aromatic nitrogens is 3. The first kappa shape index (κ1) is 22.9. The monoisotopic (exact) mass is 494 g/mol. The molecule has 5 rings (SSSR count). The lowest BCUT2D eigenvalue weighted by Gasteiger charge is -2.25. The lowest BCUT2D eigenvalue weighted by atomic mass is 10.1. The van der Waals surface area contributed by atoms with Crippen LogP contribution in [0, 0.1) is 0 Å². The maximum Gasteiger partial charge on any atom is 0.227 e. The van der Waals surface area contributed by atoms with Gasteiger partial charge in [0.1, 0.15) is 16.9 Å². The molecule has 0 atom stereocenters. The Morgan fingerprint density at radius 2 is 2.03 bits per heavy atom. The summed E-state index contributed by atoms with van der Waals surface area (Å²) in [5.41, 5.74) is 4.26. The van der Waals surface area contributed by atoms with Crippen LogP contribution < -0.4 is 20.1 Å². The Morgan fingerprint density at radius 1 is 1.18 bits per heavy atom. The lowest BCUT2D eigenvalue weighted by molar-refractivity contribution is 0.163. The molecule has 0 spiro atoms. The number of hydrogen-bond acceptors (Lipinski definition) is 10. The minimum absolute atomic E-state index is 0.0830. The largest absolute Gasteiger partial charge is 0.490 e. The normalized spacial score (nSPS) is 14.3. The highest BCUT2D eigenvalue weighted by Gasteiger charge is 2.19. The SMILES string of the molecule is CSNc1cccc(Nc2ncc3cc(-c4nc(CO)cs4)c(OC4CCNCC4)cc3n2)c1. The van der Waals surface area contributed by atoms with Gasteiger partial charge in [0.2, 0.25) is 5.95 Å². The van der Waals surface area contributed by atoms with Crippen molar-refractivity contribution < 1.29 is 9.84 Å². The van der Waals surface area contributed by atoms with Crippen LogP contribution in [0.4, 0.5) is 17.3 Å². The molecule has 176 valence electrons. The van der Waals surface area contributed by atoms with E-state index in [1.165, 1.54) is 11.3 Å². The molecule has 34 heavy (non-hydrogen) atoms. The third-order valence-corrected chi connectivity index (χ3v) is 6.91. The molecule has 3 heterocycles. The number of hydrogen-bond donors (Lipinski definition) is 4. The fourth-order valence-electron chi connectivity index (χ4n) is 3.89. The van der Waals surface area contributed by atoms with Crippen LogP contribution in [0.15, 0.2) is 48.0 Å². The zero-order chi connectivity index (χ0) is 23.3. The first-order chi connectivity index (χ1) is 16.7. The van der Waals surface area contributed by atoms with Gasteiger partial charge in [-0.3, -0.25) is 0 Å². The number of nitrogens with zero attached hydrogens (tertiary/aromatic N) is 3. The number of anilines is 3. The molecule has 0 aliphatic carbocycles. The molecule has 2 aromatic carbocycles. The van der Waals surface area contributed by atoms with E-state index in [1.807, 2.05) is 54.2 Å². The number of aliphatic hydroxyl groups is 1. The summed E-state index contributed by atoms with van der Waals surface area (Å²) in [6.07, 6.45) is 5.84. The van der Waals surface area contributed by atoms with Gasteiger partial charge in [0.15, 0.2) is 0 Å². The van der Waals surface area contributed by atoms with E-state index >= 15 is 0 Å². The molecular weight excluding hydrogens is 468 g/mol. The lowest BCUT2D eigenvalue weighted by Crippen LogP contribution is -2.34. The maximum absolute atomic E-state index is 9.47. The van der Waals surface area contributed by atoms with E-state index in [-0.39, 0.29) is 12.7 Å². The van der Waals surface area contributed by atoms with Gasteiger partial charge in [-0.1, -0.05) is 18.0 Å². The van der Waals surface area contributed by atoms with E-state index in [1.54, 1.807) is 11.9 Å². The number of thiazole rings is 1. The van der Waals surface area contributed by atoms with E-state index < -0.39 is 0 Å². The standard InChI is InChI=1S/C24H26N6O2S2/c1-33-30-17-4-2-3-16(10-17)28-24-26-12-15-9-20(23-27-18(13-31)14-34-23)22(11-21(15)29-24)32-19-5-7-25-8-6-19/h2-4,9-12,14,19,25,30-31H,5-8,13H2,1H3,(H,26,28,29). The molecule has 1 saturated heterocycles. The number of aliphatic hydroxyl groups excluding tert-OH is 1. The second-order valence-corrected chi connectivity index (χ2v) is 9.45. The molecule has 0 saturated carbocycles. The van der Waals surface area contributed by atoms with Crippen LogP contribution in [0.3, 0.4) is 0 Å². The van der Waals surface area contributed by atoms with Gasteiger partial charge in [-0.25, -0.2) is 15.0 Å². The van der Waals surface area contributed by atoms with Crippen molar-refractivity contribution in [1.82, 2.24) is 20.3 Å². The second kappa shape index (κ2) is 10.6. The summed E-state index contributed by atoms with van der Waals surface area (Å²) in [5, 5.41) is 19.7. The number of ether oxygens (including phenoxy) is 1. The average Bonchev–Trinajstić information content (AvgIpc) is 3.34. The highest BCUT2D eigenvalue weighted by Crippen LogP contribution is 2.37. The fourth-order valence-corrected chi connectivity index (χ4v) is 5.08. The Balaban J connectivity index is 1.49. The van der Waals surface area contributed by atoms with E-state index in [0.717, 1.165) is 64.5 Å². The van der Waals surface area contributed by atoms with Crippen LogP contribution in [0.1, 0.15) is 18.5 Å². The zero-order valence-electron chi connectivity index (χ0n) is 18.7. The number of piperidine rings is 1. The maximum atomic E-state index is 9.47. The summed E-state index contributed by atoms with van der Waals surface area (Å²) in [4.78, 5) is 13.9. The van der Waals surface area contributed by atoms with Gasteiger partial charge >= 0.3 is 0 Å². The Kier molecular flexibility index (Phi) is 7.10. The van der Waals surface area contributed by atoms with Crippen LogP contribution in [0.25, 0.3) is 21.5 Å². The fraction of sp³-hybridized carbons (Fsp3) is 0.292. The number of nitrogens with one attached hydrogen (secondary N) is 3. The van der Waals surface area contributed by atoms with E-state index in [9.17, 15) is 5.11 Å². The number of fused-ring (bicyclic) bond motifs is 1. The van der Waals surface area contributed by atoms with Crippen molar-refractivity contribution in [3.63, 3.8) is 0 Å². The molecule has 4 N–H and O–H groups in total. The first-order valence-electron chi connectivity index (χ1n) is 11.1. The molecule has 0 bridgehead atoms. The highest BCUT2D eigenvalue weighted by atomic mass is 32.2. The highest BCUT2D eigenvalue weighted by molar-refractivity contribution is 7.99. The predicted molar refractivity (Wildman–Crippen MR) is 140 cm³/mol. The van der Waals surface area contributed by atoms with Crippen molar-refractivity contribution >= 4 is 51.5 Å². The van der Waals surface area contributed by atoms with Crippen molar-refractivity contribution in [3.05, 3.63) is 53.7 Å². The summed E-state index contributed by atoms with van der Waals surface area (Å²) >= 11 is 3.04. The van der Waals surface area contributed by atoms with Gasteiger partial charge in [0.25, 0.3) is 0 Å². The van der Waals surface area contributed by atoms with Gasteiger partial charge in [0, 0.05) is 40.7 Å². The van der Waals surface area contributed by atoms with Crippen LogP contribution in [-0.4, -0.2) is 45.5 Å². The molecule has 4 aromatic rings. The molecule has 10 heteroatoms. The van der Waals surface area contributed by atoms with Crippen molar-refractivity contribution in [3.8, 4) is 16.3 Å². The second-order valence-electron chi connectivity index (χ2n) is 7.98. The van der Waals surface area contributed by atoms with Gasteiger partial charge in [-0.15, -0.1) is 11.3 Å². The number of rotatable bonds is 8. The molecule has 1 aliphatic rings. The third kappa shape index (κ3) is 5.25. The molecule has 8 nitrogen and oxygen atoms in total. The average molecular weight is 495 g/mol. The minimum atomic E-state index is -0.0830. The predicted octanol–water partition coefficient (Wildman–Crippen LogP) is 4.81. The summed E-state index contributed by atoms with van der Waals surface area (Å²) in [5.74, 6) is 1.28. The Morgan fingerprint density at radius 3 is 2.82 bits per heavy atom. The Labute approximate surface area is 206 Å². The summed E-state index contributed by atoms with van der Waals surface area (Å²) < 4.78 is 9.70. The van der Waals surface area contributed by atoms with Gasteiger partial charge in [-0.05, 0) is 50.2 Å². The number of benzene rings is 2. The molecule has 1 fully saturated rings. The molecule has 2 aromatic heterocycles. The molecule has 0 radical (unpaired) electrons. The van der Waals surface area contributed by atoms with Crippen LogP contribution >= 0.6 is 23.3 Å². The summed E-state index contributed by atoms with van der Waals surface area (Å²) in [7, 11) is 0. The van der Waals surface area contributed by atoms with Gasteiger partial charge in [0.05, 0.1) is 23.4 Å². The molecule has 0 unspecified atom stereocenters. The van der Waals surface area contributed by atoms with Crippen molar-refractivity contribution in [2.75, 3.05) is 29.4 Å². The Bertz CT molecular complexity index is 1280. The third-order valence-electron chi connectivity index (χ3n) is 5.54. The molecule has 1 aliphatic heterocycles. The van der Waals surface area contributed by atoms with Gasteiger partial charge in [-0.2, -0.15) is 0 Å². The Hall–Kier alpha value is -2.92. The summed E-state index contributed by atoms with van der Waals surface area (Å²) in [6, 6.07) is 12.0. The van der Waals surface area contributed by atoms with Crippen LogP contribution in [0.2, 0.25) is 0 Å². The topological polar surface area (TPSA) is 104 Å². The van der Waals surface area contributed by atoms with E-state index in [2.05, 4.69) is 25.3 Å². The van der Waals surface area contributed by atoms with Crippen LogP contribution in [0.5, 0.6) is 5.75 Å². The quantitative estimate of drug-likeness (QED) is 0.257. The van der Waals surface area contributed by atoms with Crippen molar-refractivity contribution in [1.29, 1.82) is 0 Å². The molecule has 0 amide bonds. The smallest absolute Gasteiger partial charge is 0.227 e. The van der Waals surface area contributed by atoms with Crippen molar-refractivity contribution in [2.45, 2.75) is 25.6 Å². The minimum Gasteiger partial charge on any atom is -0.490 e. The van der Waals surface area contributed by atoms with E-state index in [4.69, 9.17) is 9.72 Å². The first-order valence-corrected chi connectivity index (χ1v) is 13.2. The van der Waals surface area contributed by atoms with Gasteiger partial charge < -0.3 is 25.2 Å². The summed E-state index contributed by atoms with van der Waals surface area (Å²) in [6.45, 7) is 1.81. The van der Waals surface area contributed by atoms with E-state index in [0.29, 0.717) is 11.6 Å².